The largest absolute Gasteiger partial charge is 0.457 e. The van der Waals surface area contributed by atoms with Gasteiger partial charge in [-0.1, -0.05) is 231 Å². The number of fused-ring (bicyclic) bond motifs is 7. The first-order chi connectivity index (χ1) is 47.5. The fraction of sp³-hybridized carbons (Fsp3) is 0.0235. The van der Waals surface area contributed by atoms with E-state index in [0.717, 1.165) is 95.4 Å². The van der Waals surface area contributed by atoms with Crippen LogP contribution in [0.2, 0.25) is 0 Å². The number of nitrogens with zero attached hydrogens (tertiary/aromatic N) is 6. The van der Waals surface area contributed by atoms with Gasteiger partial charge in [0.15, 0.2) is 17.5 Å². The van der Waals surface area contributed by atoms with E-state index in [2.05, 4.69) is 178 Å². The van der Waals surface area contributed by atoms with Crippen molar-refractivity contribution in [3.8, 4) is 62.1 Å². The number of ether oxygens (including phenoxy) is 2. The van der Waals surface area contributed by atoms with E-state index in [-0.39, 0.29) is 19.9 Å². The third-order valence-electron chi connectivity index (χ3n) is 18.3. The lowest BCUT2D eigenvalue weighted by atomic mass is 9.33. The fourth-order valence-corrected chi connectivity index (χ4v) is 14.0. The molecule has 0 N–H and O–H groups in total. The molecule has 10 nitrogen and oxygen atoms in total. The van der Waals surface area contributed by atoms with Gasteiger partial charge in [0, 0.05) is 67.0 Å². The summed E-state index contributed by atoms with van der Waals surface area (Å²) in [4.78, 5) is 49.5. The summed E-state index contributed by atoms with van der Waals surface area (Å²) in [6, 6.07) is 109. The Labute approximate surface area is 555 Å². The minimum Gasteiger partial charge on any atom is -0.457 e. The third kappa shape index (κ3) is 10.2. The zero-order valence-corrected chi connectivity index (χ0v) is 51.9. The first-order valence-electron chi connectivity index (χ1n) is 32.1. The molecule has 0 unspecified atom stereocenters. The van der Waals surface area contributed by atoms with Crippen LogP contribution in [-0.2, 0) is 22.7 Å². The van der Waals surface area contributed by atoms with E-state index in [0.29, 0.717) is 44.9 Å². The molecule has 2 aliphatic heterocycles. The van der Waals surface area contributed by atoms with Crippen molar-refractivity contribution in [3.63, 3.8) is 0 Å². The smallest absolute Gasteiger partial charge is 0.338 e. The number of esters is 2. The maximum Gasteiger partial charge on any atom is 0.338 e. The number of rotatable bonds is 14. The van der Waals surface area contributed by atoms with Gasteiger partial charge in [-0.2, -0.15) is 0 Å². The molecule has 2 aromatic heterocycles. The van der Waals surface area contributed by atoms with Crippen LogP contribution in [0.5, 0.6) is 0 Å². The molecule has 0 bridgehead atoms. The number of hydrogen-bond donors (Lipinski definition) is 0. The van der Waals surface area contributed by atoms with Crippen molar-refractivity contribution in [1.82, 2.24) is 19.5 Å². The molecule has 4 heterocycles. The maximum absolute atomic E-state index is 14.3. The van der Waals surface area contributed by atoms with Gasteiger partial charge in [0.25, 0.3) is 6.71 Å². The van der Waals surface area contributed by atoms with Gasteiger partial charge in [0.1, 0.15) is 13.2 Å². The SMILES string of the molecule is O=C(OCc1ccccc1)c1ccc2c(c1)c1cc(C(=O)OCc3ccccc3)ccc1n2-c1c(-c2cccc(-c3ccc4c5c3N(c3ccccc3)c3ccccc3B5c3ccccc3N4c3ccccc3)c2)cccc1-c1nc(-c2ccccc2)nc(-c2ccccc2)n1. The highest BCUT2D eigenvalue weighted by atomic mass is 16.5. The highest BCUT2D eigenvalue weighted by Gasteiger charge is 2.44. The molecule has 0 amide bonds. The van der Waals surface area contributed by atoms with Gasteiger partial charge >= 0.3 is 11.9 Å². The Morgan fingerprint density at radius 3 is 1.28 bits per heavy atom. The number of aromatic nitrogens is 4. The van der Waals surface area contributed by atoms with Crippen LogP contribution in [0, 0.1) is 0 Å². The van der Waals surface area contributed by atoms with Gasteiger partial charge in [-0.3, -0.25) is 0 Å². The average Bonchev–Trinajstić information content (AvgIpc) is 0.804. The summed E-state index contributed by atoms with van der Waals surface area (Å²) >= 11 is 0. The second-order valence-corrected chi connectivity index (χ2v) is 24.0. The zero-order valence-electron chi connectivity index (χ0n) is 51.9. The lowest BCUT2D eigenvalue weighted by Gasteiger charge is -2.45. The highest BCUT2D eigenvalue weighted by molar-refractivity contribution is 7.00. The number of carbonyl (C=O) groups is 2. The number of benzene rings is 13. The average molecular weight is 1240 g/mol. The fourth-order valence-electron chi connectivity index (χ4n) is 14.0. The van der Waals surface area contributed by atoms with Crippen molar-refractivity contribution in [2.24, 2.45) is 0 Å². The van der Waals surface area contributed by atoms with E-state index in [1.54, 1.807) is 0 Å². The number of hydrogen-bond acceptors (Lipinski definition) is 9. The molecule has 96 heavy (non-hydrogen) atoms. The van der Waals surface area contributed by atoms with Crippen LogP contribution in [0.4, 0.5) is 34.1 Å². The number of para-hydroxylation sites is 5. The predicted octanol–water partition coefficient (Wildman–Crippen LogP) is 18.1. The van der Waals surface area contributed by atoms with E-state index in [9.17, 15) is 9.59 Å². The summed E-state index contributed by atoms with van der Waals surface area (Å²) in [5, 5.41) is 1.43. The van der Waals surface area contributed by atoms with Crippen molar-refractivity contribution in [2.75, 3.05) is 9.80 Å². The van der Waals surface area contributed by atoms with E-state index < -0.39 is 11.9 Å². The molecule has 0 aliphatic carbocycles. The van der Waals surface area contributed by atoms with Crippen LogP contribution in [0.3, 0.4) is 0 Å². The van der Waals surface area contributed by atoms with Gasteiger partial charge < -0.3 is 23.8 Å². The topological polar surface area (TPSA) is 103 Å². The highest BCUT2D eigenvalue weighted by Crippen LogP contribution is 2.49. The van der Waals surface area contributed by atoms with Gasteiger partial charge in [0.05, 0.1) is 33.5 Å². The van der Waals surface area contributed by atoms with Crippen molar-refractivity contribution in [3.05, 3.63) is 344 Å². The molecule has 0 radical (unpaired) electrons. The van der Waals surface area contributed by atoms with Crippen molar-refractivity contribution < 1.29 is 19.1 Å². The minimum atomic E-state index is -0.483. The molecule has 13 aromatic carbocycles. The summed E-state index contributed by atoms with van der Waals surface area (Å²) in [6.07, 6.45) is 0. The second-order valence-electron chi connectivity index (χ2n) is 24.0. The van der Waals surface area contributed by atoms with Gasteiger partial charge in [-0.15, -0.1) is 0 Å². The molecular formula is C85H57BN6O4. The van der Waals surface area contributed by atoms with Crippen molar-refractivity contribution in [2.45, 2.75) is 13.2 Å². The van der Waals surface area contributed by atoms with E-state index in [1.165, 1.54) is 16.4 Å². The Kier molecular flexibility index (Phi) is 14.5. The van der Waals surface area contributed by atoms with Crippen molar-refractivity contribution >= 4 is 91.0 Å². The van der Waals surface area contributed by atoms with Crippen LogP contribution < -0.4 is 26.2 Å². The van der Waals surface area contributed by atoms with Gasteiger partial charge in [-0.05, 0) is 130 Å². The standard InChI is InChI=1S/C85H57BN6O4/c93-84(95-54-56-25-7-1-8-26-56)62-45-48-73-69(52-62)70-53-63(85(94)96-55-57-27-9-2-10-28-57)46-49-74(70)92(73)79-66(39-24-40-68(79)83-88-81(58-29-11-3-12-30-58)87-82(89-83)59-31-13-4-14-32-59)60-33-23-34-61(51-60)67-47-50-77-78-80(67)91(65-37-17-6-18-38-65)76-44-22-20-42-72(76)86(78)71-41-19-21-43-75(71)90(77)64-35-15-5-16-36-64/h1-53H,54-55H2. The second kappa shape index (κ2) is 24.4. The number of anilines is 6. The Bertz CT molecular complexity index is 5300. The first-order valence-corrected chi connectivity index (χ1v) is 32.1. The molecule has 0 atom stereocenters. The monoisotopic (exact) mass is 1240 g/mol. The van der Waals surface area contributed by atoms with Crippen molar-refractivity contribution in [1.29, 1.82) is 0 Å². The molecule has 2 aliphatic rings. The van der Waals surface area contributed by atoms with Crippen LogP contribution in [-0.4, -0.2) is 38.2 Å². The summed E-state index contributed by atoms with van der Waals surface area (Å²) in [5.41, 5.74) is 21.2. The van der Waals surface area contributed by atoms with Gasteiger partial charge in [0.2, 0.25) is 0 Å². The van der Waals surface area contributed by atoms with E-state index in [1.807, 2.05) is 158 Å². The van der Waals surface area contributed by atoms with Crippen LogP contribution >= 0.6 is 0 Å². The van der Waals surface area contributed by atoms with Crippen LogP contribution in [0.1, 0.15) is 31.8 Å². The Morgan fingerprint density at radius 2 is 0.750 bits per heavy atom. The molecule has 0 saturated heterocycles. The van der Waals surface area contributed by atoms with E-state index in [4.69, 9.17) is 24.4 Å². The Balaban J connectivity index is 0.911. The maximum atomic E-state index is 14.3. The summed E-state index contributed by atoms with van der Waals surface area (Å²) in [5.74, 6) is 0.497. The molecule has 0 saturated carbocycles. The minimum absolute atomic E-state index is 0.0940. The Hall–Kier alpha value is -12.7. The first kappa shape index (κ1) is 57.2. The summed E-state index contributed by atoms with van der Waals surface area (Å²) < 4.78 is 14.2. The Morgan fingerprint density at radius 1 is 0.333 bits per heavy atom. The molecule has 0 spiro atoms. The van der Waals surface area contributed by atoms with Gasteiger partial charge in [-0.25, -0.2) is 24.5 Å². The third-order valence-corrected chi connectivity index (χ3v) is 18.3. The molecule has 0 fully saturated rings. The number of carbonyl (C=O) groups excluding carboxylic acids is 2. The lowest BCUT2D eigenvalue weighted by Crippen LogP contribution is -2.61. The normalized spacial score (nSPS) is 12.1. The van der Waals surface area contributed by atoms with E-state index >= 15 is 0 Å². The lowest BCUT2D eigenvalue weighted by molar-refractivity contribution is 0.0464. The quantitative estimate of drug-likeness (QED) is 0.0778. The van der Waals surface area contributed by atoms with Crippen LogP contribution in [0.25, 0.3) is 83.9 Å². The summed E-state index contributed by atoms with van der Waals surface area (Å²) in [6.45, 7) is 0.0999. The molecule has 17 rings (SSSR count). The summed E-state index contributed by atoms with van der Waals surface area (Å²) in [7, 11) is 0. The predicted molar refractivity (Wildman–Crippen MR) is 386 cm³/mol. The molecular weight excluding hydrogens is 1180 g/mol. The van der Waals surface area contributed by atoms with Crippen LogP contribution in [0.15, 0.2) is 322 Å². The molecule has 454 valence electrons. The molecule has 15 aromatic rings. The molecule has 11 heteroatoms. The zero-order chi connectivity index (χ0) is 64.1.